The predicted octanol–water partition coefficient (Wildman–Crippen LogP) is 2.71. The summed E-state index contributed by atoms with van der Waals surface area (Å²) in [5, 5.41) is 3.37. The predicted molar refractivity (Wildman–Crippen MR) is 81.8 cm³/mol. The monoisotopic (exact) mass is 288 g/mol. The van der Waals surface area contributed by atoms with Crippen molar-refractivity contribution in [3.8, 4) is 0 Å². The zero-order chi connectivity index (χ0) is 14.8. The number of imidazole rings is 1. The SMILES string of the molecule is CCNC(C)c1cc(F)ccc1N1CCn2ccnc2C1. The minimum atomic E-state index is -0.183. The van der Waals surface area contributed by atoms with Gasteiger partial charge in [0.05, 0.1) is 6.54 Å². The average Bonchev–Trinajstić information content (AvgIpc) is 2.94. The van der Waals surface area contributed by atoms with E-state index in [-0.39, 0.29) is 11.9 Å². The van der Waals surface area contributed by atoms with E-state index in [4.69, 9.17) is 0 Å². The number of anilines is 1. The third kappa shape index (κ3) is 2.78. The van der Waals surface area contributed by atoms with E-state index < -0.39 is 0 Å². The quantitative estimate of drug-likeness (QED) is 0.939. The van der Waals surface area contributed by atoms with Crippen molar-refractivity contribution >= 4 is 5.69 Å². The van der Waals surface area contributed by atoms with Gasteiger partial charge in [-0.25, -0.2) is 9.37 Å². The van der Waals surface area contributed by atoms with Crippen molar-refractivity contribution in [2.75, 3.05) is 18.0 Å². The summed E-state index contributed by atoms with van der Waals surface area (Å²) in [6, 6.07) is 5.20. The number of hydrogen-bond donors (Lipinski definition) is 1. The Bertz CT molecular complexity index is 622. The lowest BCUT2D eigenvalue weighted by Crippen LogP contribution is -2.35. The Morgan fingerprint density at radius 2 is 2.24 bits per heavy atom. The molecule has 2 heterocycles. The standard InChI is InChI=1S/C16H21FN4/c1-3-18-12(2)14-10-13(17)4-5-15(14)21-9-8-20-7-6-19-16(20)11-21/h4-7,10,12,18H,3,8-9,11H2,1-2H3. The van der Waals surface area contributed by atoms with Crippen LogP contribution in [0.4, 0.5) is 10.1 Å². The highest BCUT2D eigenvalue weighted by Crippen LogP contribution is 2.29. The lowest BCUT2D eigenvalue weighted by molar-refractivity contribution is 0.546. The molecular weight excluding hydrogens is 267 g/mol. The van der Waals surface area contributed by atoms with Gasteiger partial charge in [-0.15, -0.1) is 0 Å². The van der Waals surface area contributed by atoms with Crippen molar-refractivity contribution < 1.29 is 4.39 Å². The van der Waals surface area contributed by atoms with Gasteiger partial charge >= 0.3 is 0 Å². The van der Waals surface area contributed by atoms with Gasteiger partial charge in [-0.3, -0.25) is 0 Å². The number of benzene rings is 1. The van der Waals surface area contributed by atoms with Crippen molar-refractivity contribution in [1.82, 2.24) is 14.9 Å². The van der Waals surface area contributed by atoms with Crippen LogP contribution < -0.4 is 10.2 Å². The van der Waals surface area contributed by atoms with E-state index in [2.05, 4.69) is 33.6 Å². The van der Waals surface area contributed by atoms with E-state index in [1.807, 2.05) is 18.5 Å². The fourth-order valence-electron chi connectivity index (χ4n) is 2.96. The second-order valence-electron chi connectivity index (χ2n) is 5.44. The van der Waals surface area contributed by atoms with E-state index in [0.717, 1.165) is 43.3 Å². The van der Waals surface area contributed by atoms with E-state index in [9.17, 15) is 4.39 Å². The zero-order valence-electron chi connectivity index (χ0n) is 12.5. The Hall–Kier alpha value is -1.88. The first-order valence-electron chi connectivity index (χ1n) is 7.47. The Morgan fingerprint density at radius 3 is 3.05 bits per heavy atom. The van der Waals surface area contributed by atoms with Crippen LogP contribution in [0.2, 0.25) is 0 Å². The van der Waals surface area contributed by atoms with Crippen molar-refractivity contribution in [2.24, 2.45) is 0 Å². The lowest BCUT2D eigenvalue weighted by atomic mass is 10.0. The number of nitrogens with zero attached hydrogens (tertiary/aromatic N) is 3. The molecule has 5 heteroatoms. The Labute approximate surface area is 124 Å². The molecule has 0 saturated heterocycles. The van der Waals surface area contributed by atoms with Crippen LogP contribution in [0, 0.1) is 5.82 Å². The minimum Gasteiger partial charge on any atom is -0.362 e. The molecule has 1 aliphatic rings. The minimum absolute atomic E-state index is 0.127. The second-order valence-corrected chi connectivity index (χ2v) is 5.44. The van der Waals surface area contributed by atoms with E-state index in [1.54, 1.807) is 12.1 Å². The molecular formula is C16H21FN4. The van der Waals surface area contributed by atoms with Crippen molar-refractivity contribution in [2.45, 2.75) is 33.0 Å². The second kappa shape index (κ2) is 5.85. The molecule has 0 amide bonds. The highest BCUT2D eigenvalue weighted by molar-refractivity contribution is 5.55. The molecule has 0 bridgehead atoms. The van der Waals surface area contributed by atoms with Crippen LogP contribution in [-0.2, 0) is 13.1 Å². The molecule has 1 aromatic heterocycles. The third-order valence-corrected chi connectivity index (χ3v) is 4.05. The fraction of sp³-hybridized carbons (Fsp3) is 0.438. The van der Waals surface area contributed by atoms with Crippen LogP contribution in [0.1, 0.15) is 31.3 Å². The maximum absolute atomic E-state index is 13.6. The van der Waals surface area contributed by atoms with E-state index in [1.165, 1.54) is 0 Å². The van der Waals surface area contributed by atoms with Crippen LogP contribution in [-0.4, -0.2) is 22.6 Å². The summed E-state index contributed by atoms with van der Waals surface area (Å²) < 4.78 is 15.8. The van der Waals surface area contributed by atoms with Crippen LogP contribution in [0.3, 0.4) is 0 Å². The van der Waals surface area contributed by atoms with Gasteiger partial charge in [-0.05, 0) is 37.2 Å². The van der Waals surface area contributed by atoms with Crippen LogP contribution in [0.15, 0.2) is 30.6 Å². The van der Waals surface area contributed by atoms with Gasteiger partial charge in [0.15, 0.2) is 0 Å². The Balaban J connectivity index is 1.91. The van der Waals surface area contributed by atoms with E-state index >= 15 is 0 Å². The molecule has 112 valence electrons. The zero-order valence-corrected chi connectivity index (χ0v) is 12.5. The Morgan fingerprint density at radius 1 is 1.38 bits per heavy atom. The molecule has 4 nitrogen and oxygen atoms in total. The van der Waals surface area contributed by atoms with Crippen LogP contribution in [0.25, 0.3) is 0 Å². The lowest BCUT2D eigenvalue weighted by Gasteiger charge is -2.32. The van der Waals surface area contributed by atoms with E-state index in [0.29, 0.717) is 0 Å². The molecule has 1 N–H and O–H groups in total. The largest absolute Gasteiger partial charge is 0.362 e. The molecule has 0 radical (unpaired) electrons. The summed E-state index contributed by atoms with van der Waals surface area (Å²) in [6.45, 7) is 7.61. The third-order valence-electron chi connectivity index (χ3n) is 4.05. The summed E-state index contributed by atoms with van der Waals surface area (Å²) in [5.41, 5.74) is 2.11. The first kappa shape index (κ1) is 14.1. The van der Waals surface area contributed by atoms with Gasteiger partial charge in [0.25, 0.3) is 0 Å². The normalized spacial score (nSPS) is 15.9. The topological polar surface area (TPSA) is 33.1 Å². The first-order chi connectivity index (χ1) is 10.2. The molecule has 0 aliphatic carbocycles. The van der Waals surface area contributed by atoms with Gasteiger partial charge < -0.3 is 14.8 Å². The summed E-state index contributed by atoms with van der Waals surface area (Å²) >= 11 is 0. The Kier molecular flexibility index (Phi) is 3.92. The van der Waals surface area contributed by atoms with Crippen molar-refractivity contribution in [3.05, 3.63) is 47.8 Å². The molecule has 3 rings (SSSR count). The summed E-state index contributed by atoms with van der Waals surface area (Å²) in [5.74, 6) is 0.879. The molecule has 2 aromatic rings. The van der Waals surface area contributed by atoms with Gasteiger partial charge in [0.2, 0.25) is 0 Å². The van der Waals surface area contributed by atoms with Gasteiger partial charge in [-0.1, -0.05) is 6.92 Å². The summed E-state index contributed by atoms with van der Waals surface area (Å²) in [4.78, 5) is 6.68. The van der Waals surface area contributed by atoms with Gasteiger partial charge in [0.1, 0.15) is 11.6 Å². The molecule has 0 spiro atoms. The summed E-state index contributed by atoms with van der Waals surface area (Å²) in [6.07, 6.45) is 3.85. The van der Waals surface area contributed by atoms with Crippen LogP contribution >= 0.6 is 0 Å². The number of halogens is 1. The maximum atomic E-state index is 13.6. The van der Waals surface area contributed by atoms with Crippen molar-refractivity contribution in [3.63, 3.8) is 0 Å². The maximum Gasteiger partial charge on any atom is 0.128 e. The van der Waals surface area contributed by atoms with Crippen LogP contribution in [0.5, 0.6) is 0 Å². The number of rotatable bonds is 4. The van der Waals surface area contributed by atoms with Gasteiger partial charge in [-0.2, -0.15) is 0 Å². The molecule has 1 aromatic carbocycles. The number of nitrogens with one attached hydrogen (secondary N) is 1. The fourth-order valence-corrected chi connectivity index (χ4v) is 2.96. The number of aromatic nitrogens is 2. The number of fused-ring (bicyclic) bond motifs is 1. The molecule has 0 saturated carbocycles. The smallest absolute Gasteiger partial charge is 0.128 e. The first-order valence-corrected chi connectivity index (χ1v) is 7.47. The van der Waals surface area contributed by atoms with Gasteiger partial charge in [0, 0.05) is 37.2 Å². The molecule has 1 atom stereocenters. The highest BCUT2D eigenvalue weighted by atomic mass is 19.1. The molecule has 21 heavy (non-hydrogen) atoms. The van der Waals surface area contributed by atoms with Crippen molar-refractivity contribution in [1.29, 1.82) is 0 Å². The molecule has 0 fully saturated rings. The highest BCUT2D eigenvalue weighted by Gasteiger charge is 2.21. The molecule has 1 aliphatic heterocycles. The summed E-state index contributed by atoms with van der Waals surface area (Å²) in [7, 11) is 0. The molecule has 1 unspecified atom stereocenters. The average molecular weight is 288 g/mol. The number of hydrogen-bond acceptors (Lipinski definition) is 3.